The summed E-state index contributed by atoms with van der Waals surface area (Å²) in [4.78, 5) is 23.1. The Balaban J connectivity index is 2.39. The number of carbonyl (C=O) groups is 2. The number of benzene rings is 1. The van der Waals surface area contributed by atoms with Gasteiger partial charge in [0.25, 0.3) is 5.91 Å². The van der Waals surface area contributed by atoms with Gasteiger partial charge in [0.1, 0.15) is 6.04 Å². The number of nitrogens with zero attached hydrogens (tertiary/aromatic N) is 1. The third-order valence-electron chi connectivity index (χ3n) is 3.65. The van der Waals surface area contributed by atoms with E-state index in [4.69, 9.17) is 5.11 Å². The maximum absolute atomic E-state index is 12.3. The molecule has 2 rings (SSSR count). The largest absolute Gasteiger partial charge is 0.480 e. The molecular weight excluding hydrogens is 280 g/mol. The van der Waals surface area contributed by atoms with Gasteiger partial charge in [0.2, 0.25) is 0 Å². The molecule has 1 amide bonds. The SMILES string of the molecule is Cc1cccc(-n2c(C)cc(C(=O)NC(C)C(=O)O)c2C)c1. The molecule has 0 aliphatic carbocycles. The molecule has 0 saturated heterocycles. The highest BCUT2D eigenvalue weighted by Gasteiger charge is 2.20. The average molecular weight is 300 g/mol. The van der Waals surface area contributed by atoms with E-state index in [2.05, 4.69) is 5.32 Å². The number of aromatic nitrogens is 1. The summed E-state index contributed by atoms with van der Waals surface area (Å²) >= 11 is 0. The monoisotopic (exact) mass is 300 g/mol. The van der Waals surface area contributed by atoms with Crippen LogP contribution in [0.25, 0.3) is 5.69 Å². The molecule has 116 valence electrons. The Labute approximate surface area is 129 Å². The predicted octanol–water partition coefficient (Wildman–Crippen LogP) is 2.61. The van der Waals surface area contributed by atoms with Crippen molar-refractivity contribution in [2.75, 3.05) is 0 Å². The van der Waals surface area contributed by atoms with Crippen LogP contribution < -0.4 is 5.32 Å². The number of aliphatic carboxylic acids is 1. The zero-order chi connectivity index (χ0) is 16.4. The van der Waals surface area contributed by atoms with Crippen molar-refractivity contribution in [3.63, 3.8) is 0 Å². The molecule has 1 aromatic carbocycles. The standard InChI is InChI=1S/C17H20N2O3/c1-10-6-5-7-14(8-10)19-11(2)9-15(13(19)4)16(20)18-12(3)17(21)22/h5-9,12H,1-4H3,(H,18,20)(H,21,22). The van der Waals surface area contributed by atoms with Gasteiger partial charge in [0.05, 0.1) is 5.56 Å². The number of carbonyl (C=O) groups excluding carboxylic acids is 1. The molecule has 0 spiro atoms. The van der Waals surface area contributed by atoms with Crippen LogP contribution >= 0.6 is 0 Å². The van der Waals surface area contributed by atoms with Crippen LogP contribution in [-0.4, -0.2) is 27.6 Å². The molecule has 0 bridgehead atoms. The lowest BCUT2D eigenvalue weighted by molar-refractivity contribution is -0.138. The molecule has 0 aliphatic rings. The van der Waals surface area contributed by atoms with Crippen molar-refractivity contribution in [1.29, 1.82) is 0 Å². The normalized spacial score (nSPS) is 12.0. The van der Waals surface area contributed by atoms with E-state index in [0.29, 0.717) is 5.56 Å². The van der Waals surface area contributed by atoms with Crippen molar-refractivity contribution in [3.8, 4) is 5.69 Å². The molecule has 1 heterocycles. The van der Waals surface area contributed by atoms with E-state index >= 15 is 0 Å². The van der Waals surface area contributed by atoms with Gasteiger partial charge in [-0.25, -0.2) is 0 Å². The molecule has 1 unspecified atom stereocenters. The van der Waals surface area contributed by atoms with Gasteiger partial charge in [-0.1, -0.05) is 12.1 Å². The van der Waals surface area contributed by atoms with Crippen LogP contribution in [0, 0.1) is 20.8 Å². The molecule has 2 N–H and O–H groups in total. The second-order valence-corrected chi connectivity index (χ2v) is 5.49. The first kappa shape index (κ1) is 15.8. The molecular formula is C17H20N2O3. The maximum Gasteiger partial charge on any atom is 0.325 e. The number of nitrogens with one attached hydrogen (secondary N) is 1. The minimum Gasteiger partial charge on any atom is -0.480 e. The fraction of sp³-hybridized carbons (Fsp3) is 0.294. The van der Waals surface area contributed by atoms with Crippen molar-refractivity contribution in [3.05, 3.63) is 52.8 Å². The summed E-state index contributed by atoms with van der Waals surface area (Å²) in [5.41, 5.74) is 4.33. The van der Waals surface area contributed by atoms with E-state index in [1.54, 1.807) is 6.07 Å². The summed E-state index contributed by atoms with van der Waals surface area (Å²) < 4.78 is 1.99. The van der Waals surface area contributed by atoms with Gasteiger partial charge in [-0.2, -0.15) is 0 Å². The highest BCUT2D eigenvalue weighted by atomic mass is 16.4. The first-order valence-corrected chi connectivity index (χ1v) is 7.11. The Kier molecular flexibility index (Phi) is 4.35. The summed E-state index contributed by atoms with van der Waals surface area (Å²) in [6.45, 7) is 7.24. The average Bonchev–Trinajstić information content (AvgIpc) is 2.73. The van der Waals surface area contributed by atoms with Crippen molar-refractivity contribution in [2.45, 2.75) is 33.7 Å². The van der Waals surface area contributed by atoms with E-state index < -0.39 is 12.0 Å². The minimum absolute atomic E-state index is 0.373. The summed E-state index contributed by atoms with van der Waals surface area (Å²) in [6.07, 6.45) is 0. The summed E-state index contributed by atoms with van der Waals surface area (Å²) in [6, 6.07) is 8.86. The molecule has 0 fully saturated rings. The van der Waals surface area contributed by atoms with Crippen LogP contribution in [0.1, 0.15) is 34.2 Å². The molecule has 0 aliphatic heterocycles. The van der Waals surface area contributed by atoms with Crippen molar-refractivity contribution in [2.24, 2.45) is 0 Å². The van der Waals surface area contributed by atoms with Crippen LogP contribution in [0.15, 0.2) is 30.3 Å². The lowest BCUT2D eigenvalue weighted by atomic mass is 10.2. The summed E-state index contributed by atoms with van der Waals surface area (Å²) in [5.74, 6) is -1.43. The third kappa shape index (κ3) is 3.03. The predicted molar refractivity (Wildman–Crippen MR) is 84.5 cm³/mol. The number of hydrogen-bond acceptors (Lipinski definition) is 2. The maximum atomic E-state index is 12.3. The van der Waals surface area contributed by atoms with Gasteiger partial charge >= 0.3 is 5.97 Å². The lowest BCUT2D eigenvalue weighted by Crippen LogP contribution is -2.38. The van der Waals surface area contributed by atoms with Crippen LogP contribution in [-0.2, 0) is 4.79 Å². The van der Waals surface area contributed by atoms with Crippen molar-refractivity contribution >= 4 is 11.9 Å². The fourth-order valence-corrected chi connectivity index (χ4v) is 2.49. The Morgan fingerprint density at radius 3 is 2.45 bits per heavy atom. The highest BCUT2D eigenvalue weighted by molar-refractivity contribution is 5.98. The lowest BCUT2D eigenvalue weighted by Gasteiger charge is -2.12. The summed E-state index contributed by atoms with van der Waals surface area (Å²) in [7, 11) is 0. The number of hydrogen-bond donors (Lipinski definition) is 2. The molecule has 0 radical (unpaired) electrons. The van der Waals surface area contributed by atoms with E-state index in [-0.39, 0.29) is 5.91 Å². The number of aryl methyl sites for hydroxylation is 2. The Morgan fingerprint density at radius 2 is 1.86 bits per heavy atom. The first-order valence-electron chi connectivity index (χ1n) is 7.11. The molecule has 5 nitrogen and oxygen atoms in total. The molecule has 0 saturated carbocycles. The van der Waals surface area contributed by atoms with Crippen LogP contribution in [0.5, 0.6) is 0 Å². The molecule has 2 aromatic rings. The topological polar surface area (TPSA) is 71.3 Å². The highest BCUT2D eigenvalue weighted by Crippen LogP contribution is 2.21. The fourth-order valence-electron chi connectivity index (χ4n) is 2.49. The third-order valence-corrected chi connectivity index (χ3v) is 3.65. The van der Waals surface area contributed by atoms with Gasteiger partial charge in [-0.15, -0.1) is 0 Å². The van der Waals surface area contributed by atoms with Gasteiger partial charge in [-0.3, -0.25) is 9.59 Å². The van der Waals surface area contributed by atoms with Gasteiger partial charge < -0.3 is 15.0 Å². The van der Waals surface area contributed by atoms with Crippen LogP contribution in [0.2, 0.25) is 0 Å². The van der Waals surface area contributed by atoms with Crippen LogP contribution in [0.4, 0.5) is 0 Å². The Bertz CT molecular complexity index is 732. The molecule has 1 aromatic heterocycles. The van der Waals surface area contributed by atoms with E-state index in [0.717, 1.165) is 22.6 Å². The smallest absolute Gasteiger partial charge is 0.325 e. The molecule has 5 heteroatoms. The quantitative estimate of drug-likeness (QED) is 0.911. The van der Waals surface area contributed by atoms with E-state index in [1.807, 2.05) is 49.6 Å². The second-order valence-electron chi connectivity index (χ2n) is 5.49. The van der Waals surface area contributed by atoms with Crippen LogP contribution in [0.3, 0.4) is 0 Å². The number of rotatable bonds is 4. The van der Waals surface area contributed by atoms with Gasteiger partial charge in [0.15, 0.2) is 0 Å². The second kappa shape index (κ2) is 6.05. The zero-order valence-corrected chi connectivity index (χ0v) is 13.2. The van der Waals surface area contributed by atoms with Gasteiger partial charge in [0, 0.05) is 17.1 Å². The zero-order valence-electron chi connectivity index (χ0n) is 13.2. The number of amides is 1. The number of carboxylic acid groups (broad SMARTS) is 1. The summed E-state index contributed by atoms with van der Waals surface area (Å²) in [5, 5.41) is 11.4. The molecule has 1 atom stereocenters. The van der Waals surface area contributed by atoms with Gasteiger partial charge in [-0.05, 0) is 51.5 Å². The van der Waals surface area contributed by atoms with Crippen molar-refractivity contribution in [1.82, 2.24) is 9.88 Å². The minimum atomic E-state index is -1.05. The first-order chi connectivity index (χ1) is 10.3. The Hall–Kier alpha value is -2.56. The molecule has 22 heavy (non-hydrogen) atoms. The van der Waals surface area contributed by atoms with E-state index in [9.17, 15) is 9.59 Å². The Morgan fingerprint density at radius 1 is 1.18 bits per heavy atom. The number of carboxylic acids is 1. The van der Waals surface area contributed by atoms with E-state index in [1.165, 1.54) is 6.92 Å². The van der Waals surface area contributed by atoms with Crippen molar-refractivity contribution < 1.29 is 14.7 Å².